The molecule has 0 N–H and O–H groups in total. The second kappa shape index (κ2) is 9.10. The molecule has 1 aromatic heterocycles. The standard InChI is InChI=1S/C23H14Cl3FN2O2/c24-18-5-2-6-21(27)17(18)13-31-16-4-1-3-14(11-16)22-9-10-29(28-22)23(30)15-7-8-19(25)20(26)12-15/h1-12H,13H2. The second-order valence-corrected chi connectivity index (χ2v) is 7.82. The molecule has 0 aliphatic carbocycles. The van der Waals surface area contributed by atoms with Crippen molar-refractivity contribution in [3.05, 3.63) is 105 Å². The predicted octanol–water partition coefficient (Wildman–Crippen LogP) is 6.92. The van der Waals surface area contributed by atoms with Crippen molar-refractivity contribution in [1.29, 1.82) is 0 Å². The zero-order chi connectivity index (χ0) is 22.0. The van der Waals surface area contributed by atoms with Gasteiger partial charge in [-0.3, -0.25) is 4.79 Å². The van der Waals surface area contributed by atoms with E-state index in [0.29, 0.717) is 32.1 Å². The van der Waals surface area contributed by atoms with Crippen LogP contribution in [-0.2, 0) is 6.61 Å². The first kappa shape index (κ1) is 21.4. The third-order valence-electron chi connectivity index (χ3n) is 4.54. The molecule has 1 heterocycles. The van der Waals surface area contributed by atoms with E-state index in [0.717, 1.165) is 5.56 Å². The minimum Gasteiger partial charge on any atom is -0.489 e. The molecule has 0 aliphatic rings. The van der Waals surface area contributed by atoms with Gasteiger partial charge in [0.2, 0.25) is 0 Å². The van der Waals surface area contributed by atoms with Crippen LogP contribution in [0, 0.1) is 5.82 Å². The lowest BCUT2D eigenvalue weighted by Gasteiger charge is -2.09. The van der Waals surface area contributed by atoms with Crippen molar-refractivity contribution in [2.24, 2.45) is 0 Å². The van der Waals surface area contributed by atoms with Crippen molar-refractivity contribution in [2.45, 2.75) is 6.61 Å². The van der Waals surface area contributed by atoms with Gasteiger partial charge >= 0.3 is 0 Å². The van der Waals surface area contributed by atoms with Gasteiger partial charge in [-0.2, -0.15) is 5.10 Å². The summed E-state index contributed by atoms with van der Waals surface area (Å²) < 4.78 is 20.9. The number of hydrogen-bond donors (Lipinski definition) is 0. The van der Waals surface area contributed by atoms with Crippen LogP contribution in [0.15, 0.2) is 72.9 Å². The Morgan fingerprint density at radius 1 is 0.935 bits per heavy atom. The van der Waals surface area contributed by atoms with Crippen LogP contribution in [-0.4, -0.2) is 15.7 Å². The van der Waals surface area contributed by atoms with Gasteiger partial charge in [0.25, 0.3) is 5.91 Å². The fourth-order valence-electron chi connectivity index (χ4n) is 2.92. The first-order chi connectivity index (χ1) is 14.9. The predicted molar refractivity (Wildman–Crippen MR) is 120 cm³/mol. The van der Waals surface area contributed by atoms with E-state index in [1.807, 2.05) is 6.07 Å². The first-order valence-corrected chi connectivity index (χ1v) is 10.3. The Morgan fingerprint density at radius 3 is 2.52 bits per heavy atom. The Morgan fingerprint density at radius 2 is 1.74 bits per heavy atom. The van der Waals surface area contributed by atoms with Crippen molar-refractivity contribution in [3.8, 4) is 17.0 Å². The molecule has 31 heavy (non-hydrogen) atoms. The number of aromatic nitrogens is 2. The number of carbonyl (C=O) groups is 1. The van der Waals surface area contributed by atoms with Gasteiger partial charge in [0.05, 0.1) is 20.8 Å². The zero-order valence-corrected chi connectivity index (χ0v) is 18.1. The summed E-state index contributed by atoms with van der Waals surface area (Å²) in [5.41, 5.74) is 1.95. The SMILES string of the molecule is O=C(c1ccc(Cl)c(Cl)c1)n1ccc(-c2cccc(OCc3c(F)cccc3Cl)c2)n1. The van der Waals surface area contributed by atoms with Gasteiger partial charge in [-0.05, 0) is 48.5 Å². The molecule has 0 spiro atoms. The molecule has 4 aromatic rings. The minimum absolute atomic E-state index is 0.0147. The van der Waals surface area contributed by atoms with Gasteiger partial charge in [-0.1, -0.05) is 53.0 Å². The maximum absolute atomic E-state index is 13.9. The number of nitrogens with zero attached hydrogens (tertiary/aromatic N) is 2. The summed E-state index contributed by atoms with van der Waals surface area (Å²) in [5, 5.41) is 5.31. The van der Waals surface area contributed by atoms with E-state index in [1.54, 1.807) is 48.7 Å². The number of rotatable bonds is 5. The Bertz CT molecular complexity index is 1250. The molecule has 0 aliphatic heterocycles. The van der Waals surface area contributed by atoms with Gasteiger partial charge in [0.1, 0.15) is 18.2 Å². The molecular weight excluding hydrogens is 462 g/mol. The highest BCUT2D eigenvalue weighted by atomic mass is 35.5. The third-order valence-corrected chi connectivity index (χ3v) is 5.63. The van der Waals surface area contributed by atoms with Crippen molar-refractivity contribution < 1.29 is 13.9 Å². The fraction of sp³-hybridized carbons (Fsp3) is 0.0435. The molecule has 8 heteroatoms. The number of benzene rings is 3. The van der Waals surface area contributed by atoms with Crippen LogP contribution >= 0.6 is 34.8 Å². The summed E-state index contributed by atoms with van der Waals surface area (Å²) in [6.07, 6.45) is 1.56. The molecule has 3 aromatic carbocycles. The summed E-state index contributed by atoms with van der Waals surface area (Å²) >= 11 is 17.9. The average molecular weight is 476 g/mol. The first-order valence-electron chi connectivity index (χ1n) is 9.14. The molecule has 0 fully saturated rings. The van der Waals surface area contributed by atoms with Crippen molar-refractivity contribution >= 4 is 40.7 Å². The van der Waals surface area contributed by atoms with E-state index in [1.165, 1.54) is 22.9 Å². The van der Waals surface area contributed by atoms with Gasteiger partial charge < -0.3 is 4.74 Å². The van der Waals surface area contributed by atoms with Crippen LogP contribution in [0.3, 0.4) is 0 Å². The van der Waals surface area contributed by atoms with E-state index in [2.05, 4.69) is 5.10 Å². The highest BCUT2D eigenvalue weighted by Gasteiger charge is 2.13. The lowest BCUT2D eigenvalue weighted by Crippen LogP contribution is -2.12. The average Bonchev–Trinajstić information content (AvgIpc) is 3.25. The number of ether oxygens (including phenoxy) is 1. The summed E-state index contributed by atoms with van der Waals surface area (Å²) in [7, 11) is 0. The molecule has 156 valence electrons. The Kier molecular flexibility index (Phi) is 6.28. The normalized spacial score (nSPS) is 10.8. The number of halogens is 4. The molecule has 0 radical (unpaired) electrons. The van der Waals surface area contributed by atoms with Crippen molar-refractivity contribution in [1.82, 2.24) is 9.78 Å². The van der Waals surface area contributed by atoms with Gasteiger partial charge in [-0.15, -0.1) is 0 Å². The quantitative estimate of drug-likeness (QED) is 0.315. The van der Waals surface area contributed by atoms with Crippen LogP contribution in [0.2, 0.25) is 15.1 Å². The van der Waals surface area contributed by atoms with E-state index >= 15 is 0 Å². The Hall–Kier alpha value is -2.86. The Labute approximate surface area is 192 Å². The van der Waals surface area contributed by atoms with Gasteiger partial charge in [-0.25, -0.2) is 9.07 Å². The molecule has 0 saturated carbocycles. The maximum atomic E-state index is 13.9. The molecule has 0 bridgehead atoms. The topological polar surface area (TPSA) is 44.1 Å². The van der Waals surface area contributed by atoms with E-state index in [9.17, 15) is 9.18 Å². The lowest BCUT2D eigenvalue weighted by atomic mass is 10.1. The minimum atomic E-state index is -0.428. The molecule has 0 amide bonds. The summed E-state index contributed by atoms with van der Waals surface area (Å²) in [6, 6.07) is 17.9. The molecule has 0 unspecified atom stereocenters. The smallest absolute Gasteiger partial charge is 0.278 e. The lowest BCUT2D eigenvalue weighted by molar-refractivity contribution is 0.0945. The van der Waals surface area contributed by atoms with Crippen LogP contribution in [0.4, 0.5) is 4.39 Å². The summed E-state index contributed by atoms with van der Waals surface area (Å²) in [5.74, 6) is -0.253. The van der Waals surface area contributed by atoms with Crippen LogP contribution in [0.25, 0.3) is 11.3 Å². The molecule has 4 nitrogen and oxygen atoms in total. The molecule has 0 saturated heterocycles. The van der Waals surface area contributed by atoms with E-state index in [4.69, 9.17) is 39.5 Å². The highest BCUT2D eigenvalue weighted by Crippen LogP contribution is 2.26. The largest absolute Gasteiger partial charge is 0.489 e. The number of carbonyl (C=O) groups excluding carboxylic acids is 1. The highest BCUT2D eigenvalue weighted by molar-refractivity contribution is 6.42. The second-order valence-electron chi connectivity index (χ2n) is 6.60. The Balaban J connectivity index is 1.52. The summed E-state index contributed by atoms with van der Waals surface area (Å²) in [4.78, 5) is 12.7. The van der Waals surface area contributed by atoms with Gasteiger partial charge in [0, 0.05) is 22.9 Å². The van der Waals surface area contributed by atoms with Crippen LogP contribution in [0.5, 0.6) is 5.75 Å². The summed E-state index contributed by atoms with van der Waals surface area (Å²) in [6.45, 7) is -0.0147. The van der Waals surface area contributed by atoms with E-state index < -0.39 is 5.82 Å². The monoisotopic (exact) mass is 474 g/mol. The molecule has 0 atom stereocenters. The van der Waals surface area contributed by atoms with Crippen molar-refractivity contribution in [2.75, 3.05) is 0 Å². The van der Waals surface area contributed by atoms with Crippen molar-refractivity contribution in [3.63, 3.8) is 0 Å². The zero-order valence-electron chi connectivity index (χ0n) is 15.9. The van der Waals surface area contributed by atoms with E-state index in [-0.39, 0.29) is 18.1 Å². The molecule has 4 rings (SSSR count). The number of hydrogen-bond acceptors (Lipinski definition) is 3. The van der Waals surface area contributed by atoms with Crippen LogP contribution in [0.1, 0.15) is 15.9 Å². The maximum Gasteiger partial charge on any atom is 0.278 e. The third kappa shape index (κ3) is 4.74. The van der Waals surface area contributed by atoms with Gasteiger partial charge in [0.15, 0.2) is 0 Å². The van der Waals surface area contributed by atoms with Crippen LogP contribution < -0.4 is 4.74 Å². The molecular formula is C23H14Cl3FN2O2. The fourth-order valence-corrected chi connectivity index (χ4v) is 3.44.